The summed E-state index contributed by atoms with van der Waals surface area (Å²) in [5, 5.41) is 2.65. The Bertz CT molecular complexity index is 605. The molecule has 2 atom stereocenters. The number of hydrogen-bond acceptors (Lipinski definition) is 3. The standard InChI is InChI=1S/C14H17FN4O.2ClH/c1-9(10(2)16)14(20)18-11-3-4-13(12(15)7-11)19-6-5-17-8-19;;/h3-10H,16H2,1-2H3,(H,18,20);2*1H. The van der Waals surface area contributed by atoms with Crippen LogP contribution >= 0.6 is 24.8 Å². The van der Waals surface area contributed by atoms with Gasteiger partial charge < -0.3 is 15.6 Å². The Morgan fingerprint density at radius 2 is 2.05 bits per heavy atom. The fourth-order valence-corrected chi connectivity index (χ4v) is 1.69. The van der Waals surface area contributed by atoms with Gasteiger partial charge in [-0.15, -0.1) is 24.8 Å². The quantitative estimate of drug-likeness (QED) is 0.892. The minimum Gasteiger partial charge on any atom is -0.327 e. The van der Waals surface area contributed by atoms with Gasteiger partial charge in [0.05, 0.1) is 17.9 Å². The number of nitrogens with zero attached hydrogens (tertiary/aromatic N) is 2. The van der Waals surface area contributed by atoms with E-state index < -0.39 is 5.82 Å². The minimum atomic E-state index is -0.436. The highest BCUT2D eigenvalue weighted by atomic mass is 35.5. The maximum atomic E-state index is 14.0. The van der Waals surface area contributed by atoms with E-state index in [-0.39, 0.29) is 42.7 Å². The first-order valence-corrected chi connectivity index (χ1v) is 6.33. The first kappa shape index (κ1) is 20.4. The van der Waals surface area contributed by atoms with Gasteiger partial charge in [-0.1, -0.05) is 6.92 Å². The number of amides is 1. The van der Waals surface area contributed by atoms with Gasteiger partial charge in [-0.2, -0.15) is 0 Å². The lowest BCUT2D eigenvalue weighted by Gasteiger charge is -2.15. The molecule has 0 aliphatic heterocycles. The Kier molecular flexibility index (Phi) is 8.08. The lowest BCUT2D eigenvalue weighted by Crippen LogP contribution is -2.34. The largest absolute Gasteiger partial charge is 0.327 e. The molecule has 0 saturated heterocycles. The van der Waals surface area contributed by atoms with Crippen molar-refractivity contribution in [1.82, 2.24) is 9.55 Å². The molecule has 1 heterocycles. The first-order chi connectivity index (χ1) is 9.49. The Morgan fingerprint density at radius 1 is 1.36 bits per heavy atom. The third-order valence-corrected chi connectivity index (χ3v) is 3.20. The maximum Gasteiger partial charge on any atom is 0.228 e. The Labute approximate surface area is 140 Å². The third kappa shape index (κ3) is 4.69. The highest BCUT2D eigenvalue weighted by Gasteiger charge is 2.17. The second-order valence-electron chi connectivity index (χ2n) is 4.77. The molecule has 0 spiro atoms. The molecule has 0 saturated carbocycles. The molecule has 5 nitrogen and oxygen atoms in total. The smallest absolute Gasteiger partial charge is 0.228 e. The summed E-state index contributed by atoms with van der Waals surface area (Å²) in [7, 11) is 0. The topological polar surface area (TPSA) is 72.9 Å². The molecular formula is C14H19Cl2FN4O. The van der Waals surface area contributed by atoms with Crippen molar-refractivity contribution < 1.29 is 9.18 Å². The zero-order valence-corrected chi connectivity index (χ0v) is 13.8. The zero-order chi connectivity index (χ0) is 14.7. The van der Waals surface area contributed by atoms with Gasteiger partial charge in [0.2, 0.25) is 5.91 Å². The molecule has 8 heteroatoms. The van der Waals surface area contributed by atoms with Crippen molar-refractivity contribution in [2.75, 3.05) is 5.32 Å². The number of carbonyl (C=O) groups is 1. The van der Waals surface area contributed by atoms with Gasteiger partial charge in [-0.3, -0.25) is 4.79 Å². The molecule has 2 aromatic rings. The summed E-state index contributed by atoms with van der Waals surface area (Å²) in [5.74, 6) is -1.00. The predicted molar refractivity (Wildman–Crippen MR) is 89.5 cm³/mol. The third-order valence-electron chi connectivity index (χ3n) is 3.20. The van der Waals surface area contributed by atoms with E-state index in [1.165, 1.54) is 12.4 Å². The molecular weight excluding hydrogens is 330 g/mol. The average molecular weight is 349 g/mol. The highest BCUT2D eigenvalue weighted by Crippen LogP contribution is 2.18. The summed E-state index contributed by atoms with van der Waals surface area (Å²) >= 11 is 0. The van der Waals surface area contributed by atoms with Crippen LogP contribution in [0.4, 0.5) is 10.1 Å². The molecule has 22 heavy (non-hydrogen) atoms. The van der Waals surface area contributed by atoms with Crippen LogP contribution < -0.4 is 11.1 Å². The molecule has 2 rings (SSSR count). The lowest BCUT2D eigenvalue weighted by atomic mass is 10.0. The monoisotopic (exact) mass is 348 g/mol. The van der Waals surface area contributed by atoms with Crippen LogP contribution in [-0.2, 0) is 4.79 Å². The van der Waals surface area contributed by atoms with Gasteiger partial charge in [0, 0.05) is 24.1 Å². The van der Waals surface area contributed by atoms with E-state index in [4.69, 9.17) is 5.73 Å². The SMILES string of the molecule is CC(N)C(C)C(=O)Nc1ccc(-n2ccnc2)c(F)c1.Cl.Cl. The maximum absolute atomic E-state index is 14.0. The van der Waals surface area contributed by atoms with Gasteiger partial charge in [0.15, 0.2) is 0 Å². The van der Waals surface area contributed by atoms with E-state index >= 15 is 0 Å². The van der Waals surface area contributed by atoms with Crippen LogP contribution in [0.2, 0.25) is 0 Å². The molecule has 3 N–H and O–H groups in total. The average Bonchev–Trinajstić information content (AvgIpc) is 2.91. The minimum absolute atomic E-state index is 0. The van der Waals surface area contributed by atoms with Crippen molar-refractivity contribution >= 4 is 36.4 Å². The summed E-state index contributed by atoms with van der Waals surface area (Å²) in [6.07, 6.45) is 4.73. The Balaban J connectivity index is 0.00000220. The second-order valence-corrected chi connectivity index (χ2v) is 4.77. The van der Waals surface area contributed by atoms with Crippen molar-refractivity contribution in [3.8, 4) is 5.69 Å². The van der Waals surface area contributed by atoms with Gasteiger partial charge in [0.1, 0.15) is 5.82 Å². The molecule has 0 bridgehead atoms. The van der Waals surface area contributed by atoms with Crippen LogP contribution in [0.1, 0.15) is 13.8 Å². The summed E-state index contributed by atoms with van der Waals surface area (Å²) in [6.45, 7) is 3.49. The number of nitrogens with one attached hydrogen (secondary N) is 1. The highest BCUT2D eigenvalue weighted by molar-refractivity contribution is 5.92. The second kappa shape index (κ2) is 8.73. The fourth-order valence-electron chi connectivity index (χ4n) is 1.69. The van der Waals surface area contributed by atoms with Crippen molar-refractivity contribution in [3.05, 3.63) is 42.7 Å². The van der Waals surface area contributed by atoms with Crippen LogP contribution in [0.3, 0.4) is 0 Å². The number of hydrogen-bond donors (Lipinski definition) is 2. The number of rotatable bonds is 4. The van der Waals surface area contributed by atoms with Gasteiger partial charge >= 0.3 is 0 Å². The number of aromatic nitrogens is 2. The Morgan fingerprint density at radius 3 is 2.55 bits per heavy atom. The summed E-state index contributed by atoms with van der Waals surface area (Å²) in [6, 6.07) is 4.25. The predicted octanol–water partition coefficient (Wildman–Crippen LogP) is 2.78. The van der Waals surface area contributed by atoms with Crippen LogP contribution in [0.15, 0.2) is 36.9 Å². The molecule has 0 aliphatic carbocycles. The van der Waals surface area contributed by atoms with E-state index in [2.05, 4.69) is 10.3 Å². The molecule has 0 aliphatic rings. The van der Waals surface area contributed by atoms with E-state index in [1.54, 1.807) is 42.9 Å². The first-order valence-electron chi connectivity index (χ1n) is 6.33. The molecule has 2 unspecified atom stereocenters. The summed E-state index contributed by atoms with van der Waals surface area (Å²) in [5.41, 5.74) is 6.45. The molecule has 1 aromatic carbocycles. The summed E-state index contributed by atoms with van der Waals surface area (Å²) in [4.78, 5) is 15.7. The number of benzene rings is 1. The van der Waals surface area contributed by atoms with E-state index in [0.29, 0.717) is 11.4 Å². The van der Waals surface area contributed by atoms with E-state index in [1.807, 2.05) is 0 Å². The van der Waals surface area contributed by atoms with Gasteiger partial charge in [-0.25, -0.2) is 9.37 Å². The van der Waals surface area contributed by atoms with Crippen LogP contribution in [0, 0.1) is 11.7 Å². The Hall–Kier alpha value is -1.63. The van der Waals surface area contributed by atoms with Crippen LogP contribution in [0.5, 0.6) is 0 Å². The molecule has 1 aromatic heterocycles. The number of anilines is 1. The fraction of sp³-hybridized carbons (Fsp3) is 0.286. The number of carbonyl (C=O) groups excluding carboxylic acids is 1. The van der Waals surface area contributed by atoms with Crippen molar-refractivity contribution in [1.29, 1.82) is 0 Å². The van der Waals surface area contributed by atoms with Crippen LogP contribution in [-0.4, -0.2) is 21.5 Å². The number of imidazole rings is 1. The molecule has 0 radical (unpaired) electrons. The molecule has 0 fully saturated rings. The number of halogens is 3. The molecule has 1 amide bonds. The van der Waals surface area contributed by atoms with E-state index in [0.717, 1.165) is 0 Å². The van der Waals surface area contributed by atoms with Crippen molar-refractivity contribution in [3.63, 3.8) is 0 Å². The van der Waals surface area contributed by atoms with Crippen molar-refractivity contribution in [2.24, 2.45) is 11.7 Å². The number of nitrogens with two attached hydrogens (primary N) is 1. The van der Waals surface area contributed by atoms with Gasteiger partial charge in [0.25, 0.3) is 0 Å². The van der Waals surface area contributed by atoms with Crippen molar-refractivity contribution in [2.45, 2.75) is 19.9 Å². The zero-order valence-electron chi connectivity index (χ0n) is 12.2. The van der Waals surface area contributed by atoms with Crippen LogP contribution in [0.25, 0.3) is 5.69 Å². The summed E-state index contributed by atoms with van der Waals surface area (Å²) < 4.78 is 15.6. The van der Waals surface area contributed by atoms with E-state index in [9.17, 15) is 9.18 Å². The molecule has 122 valence electrons. The normalized spacial score (nSPS) is 12.5. The lowest BCUT2D eigenvalue weighted by molar-refractivity contribution is -0.119. The van der Waals surface area contributed by atoms with Gasteiger partial charge in [-0.05, 0) is 25.1 Å².